The number of carbonyl (C=O) groups is 1. The van der Waals surface area contributed by atoms with E-state index in [-0.39, 0.29) is 5.97 Å². The summed E-state index contributed by atoms with van der Waals surface area (Å²) in [7, 11) is 0. The van der Waals surface area contributed by atoms with Crippen LogP contribution in [0.3, 0.4) is 0 Å². The lowest BCUT2D eigenvalue weighted by Gasteiger charge is -2.05. The van der Waals surface area contributed by atoms with Crippen molar-refractivity contribution >= 4 is 17.6 Å². The Bertz CT molecular complexity index is 363. The first-order chi connectivity index (χ1) is 8.74. The molecule has 1 aromatic rings. The summed E-state index contributed by atoms with van der Waals surface area (Å²) >= 11 is 5.81. The Morgan fingerprint density at radius 2 is 1.89 bits per heavy atom. The number of carbonyl (C=O) groups excluding carboxylic acids is 1. The Kier molecular flexibility index (Phi) is 7.51. The first-order valence-electron chi connectivity index (χ1n) is 6.66. The van der Waals surface area contributed by atoms with E-state index in [2.05, 4.69) is 6.92 Å². The minimum Gasteiger partial charge on any atom is -0.462 e. The van der Waals surface area contributed by atoms with Gasteiger partial charge in [-0.2, -0.15) is 0 Å². The fourth-order valence-electron chi connectivity index (χ4n) is 1.75. The van der Waals surface area contributed by atoms with Crippen molar-refractivity contribution in [3.8, 4) is 0 Å². The molecule has 0 unspecified atom stereocenters. The maximum atomic E-state index is 11.7. The molecule has 0 atom stereocenters. The molecule has 1 rings (SSSR count). The summed E-state index contributed by atoms with van der Waals surface area (Å²) in [6.45, 7) is 2.70. The third-order valence-corrected chi connectivity index (χ3v) is 3.03. The molecule has 1 aromatic carbocycles. The summed E-state index contributed by atoms with van der Waals surface area (Å²) in [6, 6.07) is 6.84. The fraction of sp³-hybridized carbons (Fsp3) is 0.533. The van der Waals surface area contributed by atoms with E-state index in [4.69, 9.17) is 16.3 Å². The Morgan fingerprint density at radius 3 is 2.61 bits per heavy atom. The second kappa shape index (κ2) is 8.98. The van der Waals surface area contributed by atoms with Crippen molar-refractivity contribution < 1.29 is 9.53 Å². The summed E-state index contributed by atoms with van der Waals surface area (Å²) in [5.74, 6) is -0.286. The van der Waals surface area contributed by atoms with Crippen molar-refractivity contribution in [3.63, 3.8) is 0 Å². The maximum absolute atomic E-state index is 11.7. The predicted molar refractivity (Wildman–Crippen MR) is 75.1 cm³/mol. The molecule has 0 bridgehead atoms. The highest BCUT2D eigenvalue weighted by molar-refractivity contribution is 6.30. The smallest absolute Gasteiger partial charge is 0.338 e. The molecule has 0 aliphatic carbocycles. The van der Waals surface area contributed by atoms with Crippen LogP contribution in [0.2, 0.25) is 5.02 Å². The molecule has 0 aliphatic rings. The van der Waals surface area contributed by atoms with Crippen LogP contribution in [0.4, 0.5) is 0 Å². The maximum Gasteiger partial charge on any atom is 0.338 e. The van der Waals surface area contributed by atoms with Gasteiger partial charge in [0.15, 0.2) is 0 Å². The van der Waals surface area contributed by atoms with E-state index in [9.17, 15) is 4.79 Å². The van der Waals surface area contributed by atoms with Gasteiger partial charge < -0.3 is 4.74 Å². The highest BCUT2D eigenvalue weighted by Gasteiger charge is 2.06. The molecular formula is C15H21ClO2. The SMILES string of the molecule is CCCCCCCCOC(=O)c1cccc(Cl)c1. The Balaban J connectivity index is 2.14. The lowest BCUT2D eigenvalue weighted by Crippen LogP contribution is -2.06. The van der Waals surface area contributed by atoms with Crippen molar-refractivity contribution in [1.29, 1.82) is 0 Å². The molecule has 0 aromatic heterocycles. The van der Waals surface area contributed by atoms with Crippen LogP contribution in [-0.2, 0) is 4.74 Å². The van der Waals surface area contributed by atoms with Gasteiger partial charge in [-0.25, -0.2) is 4.79 Å². The Morgan fingerprint density at radius 1 is 1.17 bits per heavy atom. The van der Waals surface area contributed by atoms with E-state index < -0.39 is 0 Å². The molecule has 0 radical (unpaired) electrons. The number of esters is 1. The number of benzene rings is 1. The second-order valence-corrected chi connectivity index (χ2v) is 4.85. The van der Waals surface area contributed by atoms with Gasteiger partial charge in [0.1, 0.15) is 0 Å². The third kappa shape index (κ3) is 6.06. The molecule has 0 spiro atoms. The highest BCUT2D eigenvalue weighted by atomic mass is 35.5. The molecule has 18 heavy (non-hydrogen) atoms. The average molecular weight is 269 g/mol. The zero-order chi connectivity index (χ0) is 13.2. The van der Waals surface area contributed by atoms with Gasteiger partial charge in [0, 0.05) is 5.02 Å². The van der Waals surface area contributed by atoms with Crippen LogP contribution >= 0.6 is 11.6 Å². The zero-order valence-corrected chi connectivity index (χ0v) is 11.7. The van der Waals surface area contributed by atoms with Crippen LogP contribution in [0, 0.1) is 0 Å². The van der Waals surface area contributed by atoms with Crippen molar-refractivity contribution in [2.45, 2.75) is 45.4 Å². The van der Waals surface area contributed by atoms with Gasteiger partial charge in [0.05, 0.1) is 12.2 Å². The highest BCUT2D eigenvalue weighted by Crippen LogP contribution is 2.12. The number of unbranched alkanes of at least 4 members (excludes halogenated alkanes) is 5. The van der Waals surface area contributed by atoms with Crippen molar-refractivity contribution in [1.82, 2.24) is 0 Å². The van der Waals surface area contributed by atoms with Gasteiger partial charge in [0.2, 0.25) is 0 Å². The number of rotatable bonds is 8. The van der Waals surface area contributed by atoms with Crippen molar-refractivity contribution in [2.24, 2.45) is 0 Å². The van der Waals surface area contributed by atoms with E-state index in [1.54, 1.807) is 24.3 Å². The van der Waals surface area contributed by atoms with E-state index in [0.717, 1.165) is 12.8 Å². The lowest BCUT2D eigenvalue weighted by atomic mass is 10.1. The van der Waals surface area contributed by atoms with Gasteiger partial charge in [-0.15, -0.1) is 0 Å². The summed E-state index contributed by atoms with van der Waals surface area (Å²) in [6.07, 6.45) is 7.12. The molecule has 0 saturated heterocycles. The molecule has 0 saturated carbocycles. The van der Waals surface area contributed by atoms with Crippen molar-refractivity contribution in [3.05, 3.63) is 34.9 Å². The topological polar surface area (TPSA) is 26.3 Å². The van der Waals surface area contributed by atoms with E-state index in [1.165, 1.54) is 25.7 Å². The van der Waals surface area contributed by atoms with Gasteiger partial charge >= 0.3 is 5.97 Å². The molecule has 0 fully saturated rings. The molecule has 100 valence electrons. The zero-order valence-electron chi connectivity index (χ0n) is 11.0. The molecule has 0 N–H and O–H groups in total. The molecule has 2 nitrogen and oxygen atoms in total. The van der Waals surface area contributed by atoms with Gasteiger partial charge in [-0.05, 0) is 24.6 Å². The molecule has 0 amide bonds. The van der Waals surface area contributed by atoms with E-state index in [0.29, 0.717) is 17.2 Å². The van der Waals surface area contributed by atoms with E-state index >= 15 is 0 Å². The summed E-state index contributed by atoms with van der Waals surface area (Å²) in [5, 5.41) is 0.559. The van der Waals surface area contributed by atoms with Gasteiger partial charge in [-0.3, -0.25) is 0 Å². The molecular weight excluding hydrogens is 248 g/mol. The molecule has 0 aliphatic heterocycles. The van der Waals surface area contributed by atoms with Crippen LogP contribution in [0.5, 0.6) is 0 Å². The Labute approximate surface area is 114 Å². The second-order valence-electron chi connectivity index (χ2n) is 4.41. The summed E-state index contributed by atoms with van der Waals surface area (Å²) in [4.78, 5) is 11.7. The first kappa shape index (κ1) is 15.0. The predicted octanol–water partition coefficient (Wildman–Crippen LogP) is 4.86. The summed E-state index contributed by atoms with van der Waals surface area (Å²) < 4.78 is 5.19. The van der Waals surface area contributed by atoms with E-state index in [1.807, 2.05) is 0 Å². The molecule has 3 heteroatoms. The fourth-order valence-corrected chi connectivity index (χ4v) is 1.94. The Hall–Kier alpha value is -1.02. The lowest BCUT2D eigenvalue weighted by molar-refractivity contribution is 0.0497. The summed E-state index contributed by atoms with van der Waals surface area (Å²) in [5.41, 5.74) is 0.522. The minimum absolute atomic E-state index is 0.286. The average Bonchev–Trinajstić information content (AvgIpc) is 2.37. The first-order valence-corrected chi connectivity index (χ1v) is 7.04. The van der Waals surface area contributed by atoms with Crippen molar-refractivity contribution in [2.75, 3.05) is 6.61 Å². The molecule has 0 heterocycles. The number of hydrogen-bond acceptors (Lipinski definition) is 2. The van der Waals surface area contributed by atoms with Crippen LogP contribution in [0.15, 0.2) is 24.3 Å². The normalized spacial score (nSPS) is 10.3. The largest absolute Gasteiger partial charge is 0.462 e. The quantitative estimate of drug-likeness (QED) is 0.497. The number of ether oxygens (including phenoxy) is 1. The van der Waals surface area contributed by atoms with Crippen LogP contribution in [0.25, 0.3) is 0 Å². The number of hydrogen-bond donors (Lipinski definition) is 0. The van der Waals surface area contributed by atoms with Gasteiger partial charge in [0.25, 0.3) is 0 Å². The number of halogens is 1. The van der Waals surface area contributed by atoms with Gasteiger partial charge in [-0.1, -0.05) is 56.7 Å². The standard InChI is InChI=1S/C15H21ClO2/c1-2-3-4-5-6-7-11-18-15(17)13-9-8-10-14(16)12-13/h8-10,12H,2-7,11H2,1H3. The van der Waals surface area contributed by atoms with Crippen LogP contribution in [0.1, 0.15) is 55.8 Å². The van der Waals surface area contributed by atoms with Crippen LogP contribution in [-0.4, -0.2) is 12.6 Å². The van der Waals surface area contributed by atoms with Crippen LogP contribution < -0.4 is 0 Å². The third-order valence-electron chi connectivity index (χ3n) is 2.79. The minimum atomic E-state index is -0.286. The monoisotopic (exact) mass is 268 g/mol.